The summed E-state index contributed by atoms with van der Waals surface area (Å²) in [6.45, 7) is 7.21. The first-order chi connectivity index (χ1) is 12.3. The van der Waals surface area contributed by atoms with Gasteiger partial charge in [-0.2, -0.15) is 0 Å². The Hall–Kier alpha value is -0.890. The summed E-state index contributed by atoms with van der Waals surface area (Å²) >= 11 is 0. The molecule has 1 saturated heterocycles. The van der Waals surface area contributed by atoms with Gasteiger partial charge in [0.2, 0.25) is 0 Å². The largest absolute Gasteiger partial charge is 0.357 e. The summed E-state index contributed by atoms with van der Waals surface area (Å²) < 4.78 is 0. The van der Waals surface area contributed by atoms with Crippen LogP contribution < -0.4 is 10.6 Å². The fourth-order valence-corrected chi connectivity index (χ4v) is 3.45. The molecule has 0 unspecified atom stereocenters. The van der Waals surface area contributed by atoms with Gasteiger partial charge >= 0.3 is 0 Å². The van der Waals surface area contributed by atoms with Gasteiger partial charge in [-0.3, -0.25) is 14.9 Å². The van der Waals surface area contributed by atoms with Crippen molar-refractivity contribution in [3.05, 3.63) is 30.1 Å². The molecule has 1 aromatic rings. The molecule has 26 heavy (non-hydrogen) atoms. The van der Waals surface area contributed by atoms with Crippen molar-refractivity contribution in [2.75, 3.05) is 26.2 Å². The summed E-state index contributed by atoms with van der Waals surface area (Å²) in [5.74, 6) is 2.01. The minimum atomic E-state index is 0. The smallest absolute Gasteiger partial charge is 0.191 e. The predicted molar refractivity (Wildman–Crippen MR) is 119 cm³/mol. The SMILES string of the molecule is CCNC(=NCCCC1CC1)NC1CCN(Cc2ccccn2)CC1.I. The minimum Gasteiger partial charge on any atom is -0.357 e. The number of rotatable bonds is 8. The molecule has 1 aliphatic carbocycles. The number of hydrogen-bond donors (Lipinski definition) is 2. The lowest BCUT2D eigenvalue weighted by Crippen LogP contribution is -2.48. The average molecular weight is 471 g/mol. The van der Waals surface area contributed by atoms with E-state index in [0.29, 0.717) is 6.04 Å². The van der Waals surface area contributed by atoms with Crippen molar-refractivity contribution in [3.63, 3.8) is 0 Å². The van der Waals surface area contributed by atoms with Gasteiger partial charge in [0.1, 0.15) is 0 Å². The molecule has 1 aliphatic heterocycles. The zero-order chi connectivity index (χ0) is 17.3. The number of guanidine groups is 1. The first-order valence-electron chi connectivity index (χ1n) is 10.0. The average Bonchev–Trinajstić information content (AvgIpc) is 3.46. The van der Waals surface area contributed by atoms with Crippen molar-refractivity contribution in [2.24, 2.45) is 10.9 Å². The molecular formula is C20H34IN5. The number of pyridine rings is 1. The van der Waals surface area contributed by atoms with E-state index >= 15 is 0 Å². The van der Waals surface area contributed by atoms with Crippen LogP contribution in [0, 0.1) is 5.92 Å². The van der Waals surface area contributed by atoms with Gasteiger partial charge in [-0.15, -0.1) is 24.0 Å². The van der Waals surface area contributed by atoms with Gasteiger partial charge in [0.05, 0.1) is 5.69 Å². The third-order valence-corrected chi connectivity index (χ3v) is 5.12. The Balaban J connectivity index is 0.00000243. The Morgan fingerprint density at radius 3 is 2.69 bits per heavy atom. The quantitative estimate of drug-likeness (QED) is 0.264. The molecule has 0 bridgehead atoms. The summed E-state index contributed by atoms with van der Waals surface area (Å²) in [5, 5.41) is 7.04. The summed E-state index contributed by atoms with van der Waals surface area (Å²) in [6, 6.07) is 6.69. The van der Waals surface area contributed by atoms with Gasteiger partial charge in [-0.05, 0) is 50.7 Å². The first kappa shape index (κ1) is 21.4. The van der Waals surface area contributed by atoms with Crippen molar-refractivity contribution in [3.8, 4) is 0 Å². The van der Waals surface area contributed by atoms with Gasteiger partial charge in [-0.1, -0.05) is 18.9 Å². The molecule has 6 heteroatoms. The molecule has 2 aliphatic rings. The van der Waals surface area contributed by atoms with Gasteiger partial charge < -0.3 is 10.6 Å². The van der Waals surface area contributed by atoms with Crippen LogP contribution in [0.15, 0.2) is 29.4 Å². The Morgan fingerprint density at radius 2 is 2.04 bits per heavy atom. The van der Waals surface area contributed by atoms with E-state index in [9.17, 15) is 0 Å². The molecule has 2 fully saturated rings. The minimum absolute atomic E-state index is 0. The van der Waals surface area contributed by atoms with Gasteiger partial charge in [0.25, 0.3) is 0 Å². The van der Waals surface area contributed by atoms with E-state index in [1.807, 2.05) is 12.3 Å². The first-order valence-corrected chi connectivity index (χ1v) is 10.0. The van der Waals surface area contributed by atoms with E-state index in [1.54, 1.807) is 0 Å². The van der Waals surface area contributed by atoms with E-state index in [0.717, 1.165) is 44.6 Å². The van der Waals surface area contributed by atoms with Crippen LogP contribution in [0.25, 0.3) is 0 Å². The van der Waals surface area contributed by atoms with Crippen molar-refractivity contribution in [1.82, 2.24) is 20.5 Å². The number of nitrogens with zero attached hydrogens (tertiary/aromatic N) is 3. The molecule has 2 heterocycles. The molecule has 0 radical (unpaired) electrons. The van der Waals surface area contributed by atoms with Crippen molar-refractivity contribution in [1.29, 1.82) is 0 Å². The second-order valence-corrected chi connectivity index (χ2v) is 7.36. The highest BCUT2D eigenvalue weighted by Crippen LogP contribution is 2.33. The van der Waals surface area contributed by atoms with Crippen LogP contribution in [-0.4, -0.2) is 48.1 Å². The van der Waals surface area contributed by atoms with Crippen LogP contribution in [0.1, 0.15) is 51.1 Å². The van der Waals surface area contributed by atoms with E-state index in [1.165, 1.54) is 44.2 Å². The maximum absolute atomic E-state index is 4.76. The van der Waals surface area contributed by atoms with E-state index in [4.69, 9.17) is 4.99 Å². The number of piperidine rings is 1. The Bertz CT molecular complexity index is 524. The number of nitrogens with one attached hydrogen (secondary N) is 2. The van der Waals surface area contributed by atoms with Crippen molar-refractivity contribution in [2.45, 2.75) is 58.0 Å². The second kappa shape index (κ2) is 11.7. The van der Waals surface area contributed by atoms with Crippen LogP contribution in [0.5, 0.6) is 0 Å². The monoisotopic (exact) mass is 471 g/mol. The molecule has 1 aromatic heterocycles. The predicted octanol–water partition coefficient (Wildman–Crippen LogP) is 3.41. The van der Waals surface area contributed by atoms with Gasteiger partial charge in [-0.25, -0.2) is 0 Å². The van der Waals surface area contributed by atoms with E-state index in [-0.39, 0.29) is 24.0 Å². The van der Waals surface area contributed by atoms with Crippen LogP contribution in [-0.2, 0) is 6.54 Å². The number of likely N-dealkylation sites (tertiary alicyclic amines) is 1. The van der Waals surface area contributed by atoms with Crippen LogP contribution in [0.3, 0.4) is 0 Å². The Morgan fingerprint density at radius 1 is 1.23 bits per heavy atom. The summed E-state index contributed by atoms with van der Waals surface area (Å²) in [7, 11) is 0. The third kappa shape index (κ3) is 7.78. The number of aromatic nitrogens is 1. The summed E-state index contributed by atoms with van der Waals surface area (Å²) in [4.78, 5) is 11.7. The summed E-state index contributed by atoms with van der Waals surface area (Å²) in [5.41, 5.74) is 1.17. The lowest BCUT2D eigenvalue weighted by molar-refractivity contribution is 0.196. The Kier molecular flexibility index (Phi) is 9.67. The normalized spacial score (nSPS) is 19.0. The lowest BCUT2D eigenvalue weighted by atomic mass is 10.0. The molecule has 0 spiro atoms. The summed E-state index contributed by atoms with van der Waals surface area (Å²) in [6.07, 6.45) is 9.68. The molecule has 2 N–H and O–H groups in total. The zero-order valence-electron chi connectivity index (χ0n) is 16.0. The molecule has 0 atom stereocenters. The molecule has 146 valence electrons. The van der Waals surface area contributed by atoms with Crippen molar-refractivity contribution < 1.29 is 0 Å². The molecule has 0 aromatic carbocycles. The number of hydrogen-bond acceptors (Lipinski definition) is 3. The van der Waals surface area contributed by atoms with Gasteiger partial charge in [0.15, 0.2) is 5.96 Å². The van der Waals surface area contributed by atoms with E-state index in [2.05, 4.69) is 39.6 Å². The molecule has 3 rings (SSSR count). The third-order valence-electron chi connectivity index (χ3n) is 5.12. The maximum Gasteiger partial charge on any atom is 0.191 e. The standard InChI is InChI=1S/C20H33N5.HI/c1-2-21-20(23-13-5-6-17-8-9-17)24-18-10-14-25(15-11-18)16-19-7-3-4-12-22-19;/h3-4,7,12,17-18H,2,5-6,8-11,13-16H2,1H3,(H2,21,23,24);1H. The highest BCUT2D eigenvalue weighted by Gasteiger charge is 2.21. The molecule has 1 saturated carbocycles. The zero-order valence-corrected chi connectivity index (χ0v) is 18.3. The molecule has 5 nitrogen and oxygen atoms in total. The number of aliphatic imine (C=N–C) groups is 1. The van der Waals surface area contributed by atoms with Gasteiger partial charge in [0, 0.05) is 45.0 Å². The van der Waals surface area contributed by atoms with Crippen LogP contribution in [0.2, 0.25) is 0 Å². The maximum atomic E-state index is 4.76. The number of halogens is 1. The highest BCUT2D eigenvalue weighted by molar-refractivity contribution is 14.0. The molecular weight excluding hydrogens is 437 g/mol. The lowest BCUT2D eigenvalue weighted by Gasteiger charge is -2.32. The second-order valence-electron chi connectivity index (χ2n) is 7.36. The fraction of sp³-hybridized carbons (Fsp3) is 0.700. The highest BCUT2D eigenvalue weighted by atomic mass is 127. The van der Waals surface area contributed by atoms with Crippen LogP contribution in [0.4, 0.5) is 0 Å². The van der Waals surface area contributed by atoms with Crippen molar-refractivity contribution >= 4 is 29.9 Å². The molecule has 0 amide bonds. The van der Waals surface area contributed by atoms with Crippen LogP contribution >= 0.6 is 24.0 Å². The topological polar surface area (TPSA) is 52.6 Å². The Labute approximate surface area is 175 Å². The fourth-order valence-electron chi connectivity index (χ4n) is 3.45. The van der Waals surface area contributed by atoms with E-state index < -0.39 is 0 Å².